The smallest absolute Gasteiger partial charge is 0.105 e. The highest BCUT2D eigenvalue weighted by Gasteiger charge is 2.12. The monoisotopic (exact) mass is 179 g/mol. The van der Waals surface area contributed by atoms with Crippen molar-refractivity contribution in [3.05, 3.63) is 35.3 Å². The molecule has 0 fully saturated rings. The van der Waals surface area contributed by atoms with Gasteiger partial charge in [0, 0.05) is 11.6 Å². The second kappa shape index (κ2) is 3.79. The molecule has 0 aromatic carbocycles. The van der Waals surface area contributed by atoms with Crippen molar-refractivity contribution in [1.29, 1.82) is 0 Å². The van der Waals surface area contributed by atoms with Crippen molar-refractivity contribution in [1.82, 2.24) is 0 Å². The van der Waals surface area contributed by atoms with Gasteiger partial charge in [0.25, 0.3) is 0 Å². The molecule has 0 spiro atoms. The number of nitrogens with two attached hydrogens (primary N) is 1. The largest absolute Gasteiger partial charge is 0.466 e. The zero-order valence-corrected chi connectivity index (χ0v) is 8.55. The summed E-state index contributed by atoms with van der Waals surface area (Å²) in [5.41, 5.74) is 8.19. The maximum atomic E-state index is 5.99. The van der Waals surface area contributed by atoms with Crippen molar-refractivity contribution in [3.63, 3.8) is 0 Å². The Morgan fingerprint density at radius 1 is 1.62 bits per heavy atom. The summed E-state index contributed by atoms with van der Waals surface area (Å²) >= 11 is 0. The molecule has 0 amide bonds. The van der Waals surface area contributed by atoms with E-state index in [1.54, 1.807) is 0 Å². The number of rotatable bonds is 3. The minimum atomic E-state index is 0.0231. The van der Waals surface area contributed by atoms with Crippen LogP contribution in [0.5, 0.6) is 0 Å². The van der Waals surface area contributed by atoms with Gasteiger partial charge in [-0.1, -0.05) is 5.57 Å². The summed E-state index contributed by atoms with van der Waals surface area (Å²) in [7, 11) is 0. The first-order chi connectivity index (χ1) is 6.00. The van der Waals surface area contributed by atoms with Gasteiger partial charge >= 0.3 is 0 Å². The van der Waals surface area contributed by atoms with Crippen LogP contribution in [0.2, 0.25) is 0 Å². The van der Waals surface area contributed by atoms with E-state index in [-0.39, 0.29) is 6.04 Å². The lowest BCUT2D eigenvalue weighted by Gasteiger charge is -2.09. The standard InChI is InChI=1S/C11H17NO/c1-7(2)5-11(12)10-6-8(3)13-9(10)4/h6,11H,1,5,12H2,2-4H3. The normalized spacial score (nSPS) is 12.9. The van der Waals surface area contributed by atoms with Gasteiger partial charge in [0.2, 0.25) is 0 Å². The van der Waals surface area contributed by atoms with Gasteiger partial charge in [-0.3, -0.25) is 0 Å². The first-order valence-electron chi connectivity index (χ1n) is 4.47. The molecule has 0 aliphatic carbocycles. The third kappa shape index (κ3) is 2.46. The first-order valence-corrected chi connectivity index (χ1v) is 4.47. The summed E-state index contributed by atoms with van der Waals surface area (Å²) in [6, 6.07) is 2.03. The van der Waals surface area contributed by atoms with Crippen molar-refractivity contribution in [2.45, 2.75) is 33.2 Å². The molecule has 2 N–H and O–H groups in total. The van der Waals surface area contributed by atoms with E-state index in [0.29, 0.717) is 0 Å². The quantitative estimate of drug-likeness (QED) is 0.725. The lowest BCUT2D eigenvalue weighted by Crippen LogP contribution is -2.10. The Morgan fingerprint density at radius 2 is 2.23 bits per heavy atom. The highest BCUT2D eigenvalue weighted by Crippen LogP contribution is 2.23. The van der Waals surface area contributed by atoms with Crippen LogP contribution in [0, 0.1) is 13.8 Å². The predicted octanol–water partition coefficient (Wildman–Crippen LogP) is 2.86. The predicted molar refractivity (Wildman–Crippen MR) is 54.5 cm³/mol. The Balaban J connectivity index is 2.81. The Bertz CT molecular complexity index is 312. The Kier molecular flexibility index (Phi) is 2.94. The van der Waals surface area contributed by atoms with Crippen LogP contribution in [0.15, 0.2) is 22.6 Å². The molecule has 0 bridgehead atoms. The maximum absolute atomic E-state index is 5.99. The summed E-state index contributed by atoms with van der Waals surface area (Å²) in [6.45, 7) is 9.71. The van der Waals surface area contributed by atoms with Gasteiger partial charge in [0.1, 0.15) is 11.5 Å². The zero-order chi connectivity index (χ0) is 10.0. The van der Waals surface area contributed by atoms with E-state index in [0.717, 1.165) is 29.1 Å². The highest BCUT2D eigenvalue weighted by atomic mass is 16.3. The molecule has 72 valence electrons. The molecule has 2 heteroatoms. The van der Waals surface area contributed by atoms with E-state index in [2.05, 4.69) is 6.58 Å². The molecule has 1 rings (SSSR count). The van der Waals surface area contributed by atoms with E-state index < -0.39 is 0 Å². The van der Waals surface area contributed by atoms with E-state index in [1.165, 1.54) is 0 Å². The van der Waals surface area contributed by atoms with Gasteiger partial charge in [0.15, 0.2) is 0 Å². The van der Waals surface area contributed by atoms with Gasteiger partial charge in [-0.25, -0.2) is 0 Å². The van der Waals surface area contributed by atoms with Crippen LogP contribution in [0.3, 0.4) is 0 Å². The van der Waals surface area contributed by atoms with Crippen LogP contribution in [-0.2, 0) is 0 Å². The van der Waals surface area contributed by atoms with Crippen molar-refractivity contribution in [3.8, 4) is 0 Å². The molecular weight excluding hydrogens is 162 g/mol. The maximum Gasteiger partial charge on any atom is 0.105 e. The van der Waals surface area contributed by atoms with E-state index in [9.17, 15) is 0 Å². The second-order valence-electron chi connectivity index (χ2n) is 3.64. The Labute approximate surface area is 79.4 Å². The summed E-state index contributed by atoms with van der Waals surface area (Å²) in [6.07, 6.45) is 0.819. The average molecular weight is 179 g/mol. The molecule has 0 saturated carbocycles. The molecule has 0 saturated heterocycles. The van der Waals surface area contributed by atoms with E-state index in [1.807, 2.05) is 26.8 Å². The van der Waals surface area contributed by atoms with Crippen molar-refractivity contribution in [2.24, 2.45) is 5.73 Å². The molecule has 0 radical (unpaired) electrons. The molecule has 2 nitrogen and oxygen atoms in total. The topological polar surface area (TPSA) is 39.2 Å². The zero-order valence-electron chi connectivity index (χ0n) is 8.55. The Morgan fingerprint density at radius 3 is 2.62 bits per heavy atom. The number of hydrogen-bond donors (Lipinski definition) is 1. The first kappa shape index (κ1) is 10.1. The summed E-state index contributed by atoms with van der Waals surface area (Å²) in [4.78, 5) is 0. The third-order valence-corrected chi connectivity index (χ3v) is 2.05. The minimum absolute atomic E-state index is 0.0231. The van der Waals surface area contributed by atoms with Gasteiger partial charge in [-0.05, 0) is 33.3 Å². The fourth-order valence-corrected chi connectivity index (χ4v) is 1.50. The average Bonchev–Trinajstić information content (AvgIpc) is 2.28. The van der Waals surface area contributed by atoms with E-state index >= 15 is 0 Å². The van der Waals surface area contributed by atoms with E-state index in [4.69, 9.17) is 10.2 Å². The fraction of sp³-hybridized carbons (Fsp3) is 0.455. The van der Waals surface area contributed by atoms with Gasteiger partial charge in [-0.2, -0.15) is 0 Å². The number of aryl methyl sites for hydroxylation is 2. The lowest BCUT2D eigenvalue weighted by atomic mass is 10.0. The van der Waals surface area contributed by atoms with Gasteiger partial charge in [-0.15, -0.1) is 6.58 Å². The van der Waals surface area contributed by atoms with Crippen molar-refractivity contribution in [2.75, 3.05) is 0 Å². The molecule has 0 aliphatic rings. The van der Waals surface area contributed by atoms with Crippen molar-refractivity contribution < 1.29 is 4.42 Å². The summed E-state index contributed by atoms with van der Waals surface area (Å²) in [5.74, 6) is 1.84. The lowest BCUT2D eigenvalue weighted by molar-refractivity contribution is 0.497. The molecule has 13 heavy (non-hydrogen) atoms. The number of hydrogen-bond acceptors (Lipinski definition) is 2. The summed E-state index contributed by atoms with van der Waals surface area (Å²) < 4.78 is 5.41. The fourth-order valence-electron chi connectivity index (χ4n) is 1.50. The molecular formula is C11H17NO. The number of furan rings is 1. The van der Waals surface area contributed by atoms with Crippen LogP contribution < -0.4 is 5.73 Å². The summed E-state index contributed by atoms with van der Waals surface area (Å²) in [5, 5.41) is 0. The van der Waals surface area contributed by atoms with Crippen LogP contribution in [0.1, 0.15) is 36.5 Å². The highest BCUT2D eigenvalue weighted by molar-refractivity contribution is 5.24. The minimum Gasteiger partial charge on any atom is -0.466 e. The molecule has 0 aliphatic heterocycles. The molecule has 1 aromatic rings. The second-order valence-corrected chi connectivity index (χ2v) is 3.64. The van der Waals surface area contributed by atoms with Crippen LogP contribution in [-0.4, -0.2) is 0 Å². The molecule has 1 heterocycles. The van der Waals surface area contributed by atoms with Crippen molar-refractivity contribution >= 4 is 0 Å². The van der Waals surface area contributed by atoms with Crippen LogP contribution in [0.4, 0.5) is 0 Å². The third-order valence-electron chi connectivity index (χ3n) is 2.05. The van der Waals surface area contributed by atoms with Gasteiger partial charge in [0.05, 0.1) is 0 Å². The molecule has 1 unspecified atom stereocenters. The molecule has 1 aromatic heterocycles. The SMILES string of the molecule is C=C(C)CC(N)c1cc(C)oc1C. The van der Waals surface area contributed by atoms with Gasteiger partial charge < -0.3 is 10.2 Å². The Hall–Kier alpha value is -1.02. The van der Waals surface area contributed by atoms with Crippen LogP contribution in [0.25, 0.3) is 0 Å². The molecule has 1 atom stereocenters. The van der Waals surface area contributed by atoms with Crippen LogP contribution >= 0.6 is 0 Å².